The van der Waals surface area contributed by atoms with Crippen molar-refractivity contribution in [1.82, 2.24) is 9.66 Å². The van der Waals surface area contributed by atoms with Gasteiger partial charge in [0.05, 0.1) is 23.7 Å². The highest BCUT2D eigenvalue weighted by Gasteiger charge is 2.23. The first kappa shape index (κ1) is 28.8. The Labute approximate surface area is 251 Å². The van der Waals surface area contributed by atoms with Crippen molar-refractivity contribution in [3.05, 3.63) is 91.9 Å². The number of fused-ring (bicyclic) bond motifs is 1. The van der Waals surface area contributed by atoms with Crippen LogP contribution < -0.4 is 20.3 Å². The van der Waals surface area contributed by atoms with E-state index < -0.39 is 0 Å². The predicted molar refractivity (Wildman–Crippen MR) is 166 cm³/mol. The molecule has 41 heavy (non-hydrogen) atoms. The van der Waals surface area contributed by atoms with Crippen LogP contribution in [0.4, 0.5) is 5.69 Å². The number of hydrogen-bond donors (Lipinski definition) is 1. The van der Waals surface area contributed by atoms with Crippen LogP contribution >= 0.6 is 27.5 Å². The minimum atomic E-state index is -0.338. The zero-order valence-electron chi connectivity index (χ0n) is 22.6. The average Bonchev–Trinajstić information content (AvgIpc) is 2.99. The summed E-state index contributed by atoms with van der Waals surface area (Å²) in [6, 6.07) is 18.2. The van der Waals surface area contributed by atoms with Crippen LogP contribution in [0, 0.1) is 0 Å². The first-order valence-electron chi connectivity index (χ1n) is 13.6. The molecule has 4 aromatic rings. The van der Waals surface area contributed by atoms with E-state index in [0.29, 0.717) is 44.8 Å². The van der Waals surface area contributed by atoms with E-state index in [0.717, 1.165) is 25.7 Å². The molecule has 1 aliphatic rings. The molecule has 8 nitrogen and oxygen atoms in total. The second-order valence-electron chi connectivity index (χ2n) is 9.74. The van der Waals surface area contributed by atoms with Crippen LogP contribution in [0.15, 0.2) is 75.0 Å². The number of aromatic nitrogens is 2. The van der Waals surface area contributed by atoms with Crippen LogP contribution in [0.5, 0.6) is 11.5 Å². The number of rotatable bonds is 9. The number of nitrogens with zero attached hydrogens (tertiary/aromatic N) is 3. The normalized spacial score (nSPS) is 13.9. The topological polar surface area (TPSA) is 94.8 Å². The van der Waals surface area contributed by atoms with Crippen LogP contribution in [0.1, 0.15) is 56.3 Å². The summed E-state index contributed by atoms with van der Waals surface area (Å²) in [4.78, 5) is 30.9. The van der Waals surface area contributed by atoms with Crippen molar-refractivity contribution in [2.24, 2.45) is 5.10 Å². The quantitative estimate of drug-likeness (QED) is 0.197. The molecule has 1 N–H and O–H groups in total. The highest BCUT2D eigenvalue weighted by atomic mass is 79.9. The number of hydrogen-bond acceptors (Lipinski definition) is 6. The maximum atomic E-state index is 13.6. The zero-order valence-corrected chi connectivity index (χ0v) is 25.0. The van der Waals surface area contributed by atoms with Crippen LogP contribution in [0.3, 0.4) is 0 Å². The molecule has 0 saturated heterocycles. The highest BCUT2D eigenvalue weighted by molar-refractivity contribution is 9.10. The monoisotopic (exact) mass is 636 g/mol. The van der Waals surface area contributed by atoms with Gasteiger partial charge in [0.1, 0.15) is 10.8 Å². The third kappa shape index (κ3) is 6.63. The minimum Gasteiger partial charge on any atom is -0.490 e. The first-order chi connectivity index (χ1) is 20.0. The summed E-state index contributed by atoms with van der Waals surface area (Å²) >= 11 is 10.2. The summed E-state index contributed by atoms with van der Waals surface area (Å²) in [5.74, 6) is 1.07. The van der Waals surface area contributed by atoms with Crippen LogP contribution in [0.25, 0.3) is 10.9 Å². The predicted octanol–water partition coefficient (Wildman–Crippen LogP) is 7.16. The van der Waals surface area contributed by atoms with Gasteiger partial charge in [0.15, 0.2) is 18.1 Å². The third-order valence-corrected chi connectivity index (χ3v) is 8.37. The van der Waals surface area contributed by atoms with Crippen molar-refractivity contribution in [3.8, 4) is 11.5 Å². The number of amides is 1. The van der Waals surface area contributed by atoms with E-state index in [1.165, 1.54) is 11.1 Å². The molecule has 5 rings (SSSR count). The van der Waals surface area contributed by atoms with Gasteiger partial charge in [0, 0.05) is 21.6 Å². The van der Waals surface area contributed by atoms with Gasteiger partial charge in [-0.2, -0.15) is 9.78 Å². The smallest absolute Gasteiger partial charge is 0.282 e. The van der Waals surface area contributed by atoms with E-state index in [9.17, 15) is 9.59 Å². The van der Waals surface area contributed by atoms with E-state index in [4.69, 9.17) is 26.1 Å². The standard InChI is InChI=1S/C31H30BrClN4O4/c1-2-40-25-17-21(27(32)28(33)29(25)41-19-26(38)35-22-13-7-4-8-14-22)18-34-37-30(20-11-5-3-6-12-20)36-24-16-10-9-15-23(24)31(37)39/h4,7-10,13-18,20H,2-3,5-6,11-12,19H2,1H3,(H,35,38). The summed E-state index contributed by atoms with van der Waals surface area (Å²) in [6.45, 7) is 1.92. The lowest BCUT2D eigenvalue weighted by Gasteiger charge is -2.22. The number of anilines is 1. The molecule has 0 spiro atoms. The van der Waals surface area contributed by atoms with Crippen molar-refractivity contribution < 1.29 is 14.3 Å². The summed E-state index contributed by atoms with van der Waals surface area (Å²) in [6.07, 6.45) is 6.88. The van der Waals surface area contributed by atoms with Crippen molar-refractivity contribution in [2.45, 2.75) is 44.9 Å². The molecule has 0 bridgehead atoms. The van der Waals surface area contributed by atoms with Gasteiger partial charge in [-0.25, -0.2) is 4.98 Å². The number of halogens is 2. The molecule has 10 heteroatoms. The molecule has 1 amide bonds. The molecular formula is C31H30BrClN4O4. The largest absolute Gasteiger partial charge is 0.490 e. The first-order valence-corrected chi connectivity index (χ1v) is 14.8. The van der Waals surface area contributed by atoms with Crippen LogP contribution in [-0.4, -0.2) is 35.0 Å². The van der Waals surface area contributed by atoms with Gasteiger partial charge in [-0.3, -0.25) is 9.59 Å². The van der Waals surface area contributed by atoms with Crippen molar-refractivity contribution >= 4 is 56.2 Å². The molecule has 1 heterocycles. The fourth-order valence-electron chi connectivity index (χ4n) is 4.95. The minimum absolute atomic E-state index is 0.155. The maximum Gasteiger partial charge on any atom is 0.282 e. The molecule has 1 fully saturated rings. The van der Waals surface area contributed by atoms with Gasteiger partial charge >= 0.3 is 0 Å². The number of nitrogens with one attached hydrogen (secondary N) is 1. The highest BCUT2D eigenvalue weighted by Crippen LogP contribution is 2.42. The number of ether oxygens (including phenoxy) is 2. The average molecular weight is 638 g/mol. The Hall–Kier alpha value is -3.69. The zero-order chi connectivity index (χ0) is 28.8. The summed E-state index contributed by atoms with van der Waals surface area (Å²) in [7, 11) is 0. The lowest BCUT2D eigenvalue weighted by Crippen LogP contribution is -2.25. The van der Waals surface area contributed by atoms with E-state index in [1.807, 2.05) is 43.3 Å². The number of carbonyl (C=O) groups is 1. The second-order valence-corrected chi connectivity index (χ2v) is 10.9. The fraction of sp³-hybridized carbons (Fsp3) is 0.290. The van der Waals surface area contributed by atoms with Gasteiger partial charge in [0.2, 0.25) is 0 Å². The lowest BCUT2D eigenvalue weighted by molar-refractivity contribution is -0.118. The number of para-hydroxylation sites is 2. The van der Waals surface area contributed by atoms with E-state index in [-0.39, 0.29) is 34.8 Å². The van der Waals surface area contributed by atoms with E-state index >= 15 is 0 Å². The third-order valence-electron chi connectivity index (χ3n) is 6.92. The fourth-order valence-corrected chi connectivity index (χ4v) is 5.60. The maximum absolute atomic E-state index is 13.6. The molecule has 0 unspecified atom stereocenters. The van der Waals surface area contributed by atoms with Gasteiger partial charge in [0.25, 0.3) is 11.5 Å². The molecule has 1 saturated carbocycles. The molecule has 0 radical (unpaired) electrons. The molecule has 1 aromatic heterocycles. The van der Waals surface area contributed by atoms with Crippen LogP contribution in [0.2, 0.25) is 5.02 Å². The SMILES string of the molecule is CCOc1cc(C=Nn2c(C3CCCCC3)nc3ccccc3c2=O)c(Br)c(Cl)c1OCC(=O)Nc1ccccc1. The van der Waals surface area contributed by atoms with Crippen molar-refractivity contribution in [2.75, 3.05) is 18.5 Å². The number of benzene rings is 3. The van der Waals surface area contributed by atoms with Crippen LogP contribution in [-0.2, 0) is 4.79 Å². The Balaban J connectivity index is 1.47. The molecule has 1 aliphatic carbocycles. The summed E-state index contributed by atoms with van der Waals surface area (Å²) in [5, 5.41) is 8.13. The summed E-state index contributed by atoms with van der Waals surface area (Å²) < 4.78 is 13.5. The Bertz CT molecular complexity index is 1640. The van der Waals surface area contributed by atoms with Gasteiger partial charge in [-0.1, -0.05) is 61.2 Å². The molecule has 212 valence electrons. The molecule has 3 aromatic carbocycles. The molecule has 0 aliphatic heterocycles. The Morgan fingerprint density at radius 2 is 1.85 bits per heavy atom. The van der Waals surface area contributed by atoms with E-state index in [2.05, 4.69) is 26.3 Å². The summed E-state index contributed by atoms with van der Waals surface area (Å²) in [5.41, 5.74) is 1.69. The van der Waals surface area contributed by atoms with E-state index in [1.54, 1.807) is 30.5 Å². The van der Waals surface area contributed by atoms with Gasteiger partial charge in [-0.05, 0) is 66.0 Å². The van der Waals surface area contributed by atoms with Crippen molar-refractivity contribution in [1.29, 1.82) is 0 Å². The second kappa shape index (κ2) is 13.3. The Morgan fingerprint density at radius 3 is 2.61 bits per heavy atom. The Morgan fingerprint density at radius 1 is 1.12 bits per heavy atom. The molecular weight excluding hydrogens is 608 g/mol. The van der Waals surface area contributed by atoms with Crippen molar-refractivity contribution in [3.63, 3.8) is 0 Å². The lowest BCUT2D eigenvalue weighted by atomic mass is 9.88. The van der Waals surface area contributed by atoms with Gasteiger partial charge < -0.3 is 14.8 Å². The van der Waals surface area contributed by atoms with Gasteiger partial charge in [-0.15, -0.1) is 0 Å². The molecule has 0 atom stereocenters. The Kier molecular flexibility index (Phi) is 9.36. The number of carbonyl (C=O) groups excluding carboxylic acids is 1.